The van der Waals surface area contributed by atoms with Crippen molar-refractivity contribution in [2.24, 2.45) is 5.10 Å². The average molecular weight is 325 g/mol. The van der Waals surface area contributed by atoms with Gasteiger partial charge in [-0.05, 0) is 36.2 Å². The van der Waals surface area contributed by atoms with Crippen LogP contribution in [0.2, 0.25) is 0 Å². The molecule has 0 aliphatic carbocycles. The van der Waals surface area contributed by atoms with E-state index in [4.69, 9.17) is 4.74 Å². The van der Waals surface area contributed by atoms with Crippen LogP contribution in [-0.2, 0) is 4.79 Å². The molecule has 0 aromatic heterocycles. The van der Waals surface area contributed by atoms with E-state index in [0.29, 0.717) is 11.3 Å². The number of amides is 2. The van der Waals surface area contributed by atoms with Gasteiger partial charge in [-0.25, -0.2) is 5.43 Å². The van der Waals surface area contributed by atoms with E-state index in [-0.39, 0.29) is 12.5 Å². The van der Waals surface area contributed by atoms with Gasteiger partial charge in [-0.1, -0.05) is 30.3 Å². The first-order valence-corrected chi connectivity index (χ1v) is 7.40. The summed E-state index contributed by atoms with van der Waals surface area (Å²) in [6, 6.07) is 14.4. The van der Waals surface area contributed by atoms with Crippen LogP contribution >= 0.6 is 0 Å². The van der Waals surface area contributed by atoms with Crippen molar-refractivity contribution in [3.8, 4) is 5.75 Å². The van der Waals surface area contributed by atoms with Crippen molar-refractivity contribution >= 4 is 18.0 Å². The zero-order chi connectivity index (χ0) is 17.4. The largest absolute Gasteiger partial charge is 0.497 e. The summed E-state index contributed by atoms with van der Waals surface area (Å²) >= 11 is 0. The molecule has 24 heavy (non-hydrogen) atoms. The van der Waals surface area contributed by atoms with Gasteiger partial charge in [-0.15, -0.1) is 0 Å². The molecule has 0 aliphatic heterocycles. The second-order valence-corrected chi connectivity index (χ2v) is 5.07. The molecule has 0 bridgehead atoms. The van der Waals surface area contributed by atoms with E-state index in [0.717, 1.165) is 11.1 Å². The van der Waals surface area contributed by atoms with Crippen LogP contribution < -0.4 is 15.5 Å². The quantitative estimate of drug-likeness (QED) is 0.629. The molecule has 0 fully saturated rings. The molecule has 0 spiro atoms. The van der Waals surface area contributed by atoms with Gasteiger partial charge in [0.1, 0.15) is 5.75 Å². The fraction of sp³-hybridized carbons (Fsp3) is 0.167. The number of hydrogen-bond donors (Lipinski definition) is 2. The number of hydrogen-bond acceptors (Lipinski definition) is 4. The van der Waals surface area contributed by atoms with Crippen molar-refractivity contribution in [1.82, 2.24) is 10.7 Å². The first-order valence-electron chi connectivity index (χ1n) is 7.40. The molecule has 0 radical (unpaired) electrons. The van der Waals surface area contributed by atoms with Crippen molar-refractivity contribution in [3.63, 3.8) is 0 Å². The van der Waals surface area contributed by atoms with Gasteiger partial charge >= 0.3 is 0 Å². The number of aryl methyl sites for hydroxylation is 1. The lowest BCUT2D eigenvalue weighted by atomic mass is 10.1. The highest BCUT2D eigenvalue weighted by Crippen LogP contribution is 2.10. The first-order chi connectivity index (χ1) is 11.6. The molecule has 6 nitrogen and oxygen atoms in total. The predicted octanol–water partition coefficient (Wildman–Crippen LogP) is 1.88. The van der Waals surface area contributed by atoms with Crippen molar-refractivity contribution < 1.29 is 14.3 Å². The molecule has 0 saturated heterocycles. The van der Waals surface area contributed by atoms with E-state index in [1.54, 1.807) is 25.3 Å². The molecule has 0 saturated carbocycles. The Bertz CT molecular complexity index is 757. The minimum absolute atomic E-state index is 0.150. The summed E-state index contributed by atoms with van der Waals surface area (Å²) in [4.78, 5) is 23.7. The van der Waals surface area contributed by atoms with Gasteiger partial charge < -0.3 is 10.1 Å². The van der Waals surface area contributed by atoms with Crippen LogP contribution in [0.15, 0.2) is 53.6 Å². The summed E-state index contributed by atoms with van der Waals surface area (Å²) in [7, 11) is 1.58. The molecule has 2 aromatic rings. The van der Waals surface area contributed by atoms with Crippen LogP contribution in [0, 0.1) is 6.92 Å². The lowest BCUT2D eigenvalue weighted by molar-refractivity contribution is -0.120. The van der Waals surface area contributed by atoms with Crippen LogP contribution in [0.4, 0.5) is 0 Å². The number of rotatable bonds is 6. The molecule has 2 amide bonds. The molecule has 6 heteroatoms. The molecule has 0 aliphatic rings. The van der Waals surface area contributed by atoms with E-state index in [1.807, 2.05) is 37.3 Å². The number of carbonyl (C=O) groups excluding carboxylic acids is 2. The van der Waals surface area contributed by atoms with E-state index in [2.05, 4.69) is 15.8 Å². The Morgan fingerprint density at radius 2 is 1.96 bits per heavy atom. The molecule has 2 N–H and O–H groups in total. The maximum absolute atomic E-state index is 12.0. The monoisotopic (exact) mass is 325 g/mol. The fourth-order valence-corrected chi connectivity index (χ4v) is 2.02. The van der Waals surface area contributed by atoms with E-state index in [1.165, 1.54) is 6.21 Å². The summed E-state index contributed by atoms with van der Waals surface area (Å²) in [6.07, 6.45) is 1.50. The number of ether oxygens (including phenoxy) is 1. The number of carbonyl (C=O) groups is 2. The van der Waals surface area contributed by atoms with Crippen LogP contribution in [-0.4, -0.2) is 31.7 Å². The third-order valence-corrected chi connectivity index (χ3v) is 3.30. The highest BCUT2D eigenvalue weighted by Gasteiger charge is 2.09. The van der Waals surface area contributed by atoms with Gasteiger partial charge in [0.2, 0.25) is 0 Å². The summed E-state index contributed by atoms with van der Waals surface area (Å²) in [5.74, 6) is 0.00637. The van der Waals surface area contributed by atoms with Crippen molar-refractivity contribution in [2.75, 3.05) is 13.7 Å². The number of benzene rings is 2. The normalized spacial score (nSPS) is 10.4. The Hall–Kier alpha value is -3.15. The maximum atomic E-state index is 12.0. The Balaban J connectivity index is 1.82. The second-order valence-electron chi connectivity index (χ2n) is 5.07. The summed E-state index contributed by atoms with van der Waals surface area (Å²) in [5, 5.41) is 6.42. The zero-order valence-electron chi connectivity index (χ0n) is 13.6. The molecule has 0 atom stereocenters. The highest BCUT2D eigenvalue weighted by molar-refractivity contribution is 5.97. The Kier molecular flexibility index (Phi) is 6.08. The zero-order valence-corrected chi connectivity index (χ0v) is 13.6. The Morgan fingerprint density at radius 1 is 1.17 bits per heavy atom. The molecule has 0 unspecified atom stereocenters. The Morgan fingerprint density at radius 3 is 2.71 bits per heavy atom. The smallest absolute Gasteiger partial charge is 0.259 e. The topological polar surface area (TPSA) is 79.8 Å². The highest BCUT2D eigenvalue weighted by atomic mass is 16.5. The fourth-order valence-electron chi connectivity index (χ4n) is 2.02. The van der Waals surface area contributed by atoms with Crippen molar-refractivity contribution in [2.45, 2.75) is 6.92 Å². The van der Waals surface area contributed by atoms with Crippen LogP contribution in [0.3, 0.4) is 0 Å². The SMILES string of the molecule is COc1cccc(/C=N\NC(=O)CNC(=O)c2ccccc2C)c1. The van der Waals surface area contributed by atoms with Gasteiger partial charge in [0, 0.05) is 5.56 Å². The molecule has 0 heterocycles. The van der Waals surface area contributed by atoms with Crippen LogP contribution in [0.25, 0.3) is 0 Å². The van der Waals surface area contributed by atoms with E-state index in [9.17, 15) is 9.59 Å². The minimum atomic E-state index is -0.406. The molecule has 124 valence electrons. The molecular formula is C18H19N3O3. The lowest BCUT2D eigenvalue weighted by Crippen LogP contribution is -2.35. The number of nitrogens with one attached hydrogen (secondary N) is 2. The van der Waals surface area contributed by atoms with Gasteiger partial charge in [-0.3, -0.25) is 9.59 Å². The van der Waals surface area contributed by atoms with E-state index < -0.39 is 5.91 Å². The average Bonchev–Trinajstić information content (AvgIpc) is 2.60. The minimum Gasteiger partial charge on any atom is -0.497 e. The number of nitrogens with zero attached hydrogens (tertiary/aromatic N) is 1. The van der Waals surface area contributed by atoms with E-state index >= 15 is 0 Å². The number of hydrazone groups is 1. The maximum Gasteiger partial charge on any atom is 0.259 e. The summed E-state index contributed by atoms with van der Waals surface area (Å²) in [5.41, 5.74) is 4.56. The van der Waals surface area contributed by atoms with Crippen LogP contribution in [0.5, 0.6) is 5.75 Å². The van der Waals surface area contributed by atoms with Crippen molar-refractivity contribution in [1.29, 1.82) is 0 Å². The molecule has 2 aromatic carbocycles. The lowest BCUT2D eigenvalue weighted by Gasteiger charge is -2.06. The predicted molar refractivity (Wildman–Crippen MR) is 92.2 cm³/mol. The molecular weight excluding hydrogens is 306 g/mol. The van der Waals surface area contributed by atoms with Gasteiger partial charge in [0.15, 0.2) is 0 Å². The first kappa shape index (κ1) is 17.2. The van der Waals surface area contributed by atoms with Crippen molar-refractivity contribution in [3.05, 3.63) is 65.2 Å². The van der Waals surface area contributed by atoms with Gasteiger partial charge in [0.25, 0.3) is 11.8 Å². The summed E-state index contributed by atoms with van der Waals surface area (Å²) < 4.78 is 5.10. The second kappa shape index (κ2) is 8.47. The molecule has 2 rings (SSSR count). The summed E-state index contributed by atoms with van der Waals surface area (Å²) in [6.45, 7) is 1.69. The number of methoxy groups -OCH3 is 1. The Labute approximate surface area is 140 Å². The van der Waals surface area contributed by atoms with Gasteiger partial charge in [-0.2, -0.15) is 5.10 Å². The third kappa shape index (κ3) is 4.95. The third-order valence-electron chi connectivity index (χ3n) is 3.30. The standard InChI is InChI=1S/C18H19N3O3/c1-13-6-3-4-9-16(13)18(23)19-12-17(22)21-20-11-14-7-5-8-15(10-14)24-2/h3-11H,12H2,1-2H3,(H,19,23)(H,21,22)/b20-11-. The van der Waals surface area contributed by atoms with Crippen LogP contribution in [0.1, 0.15) is 21.5 Å². The van der Waals surface area contributed by atoms with Gasteiger partial charge in [0.05, 0.1) is 19.9 Å².